The van der Waals surface area contributed by atoms with Gasteiger partial charge in [-0.2, -0.15) is 0 Å². The Labute approximate surface area is 214 Å². The Morgan fingerprint density at radius 1 is 0.865 bits per heavy atom. The first-order valence-corrected chi connectivity index (χ1v) is 11.5. The third kappa shape index (κ3) is 6.00. The first kappa shape index (κ1) is 27.1. The Morgan fingerprint density at radius 3 is 1.81 bits per heavy atom. The number of nitrogens with one attached hydrogen (secondary N) is 1. The summed E-state index contributed by atoms with van der Waals surface area (Å²) >= 11 is 0. The third-order valence-electron chi connectivity index (χ3n) is 6.45. The molecule has 0 saturated carbocycles. The summed E-state index contributed by atoms with van der Waals surface area (Å²) in [6.45, 7) is 1.75. The van der Waals surface area contributed by atoms with Crippen molar-refractivity contribution in [2.75, 3.05) is 14.2 Å². The molecule has 0 radical (unpaired) electrons. The van der Waals surface area contributed by atoms with Crippen molar-refractivity contribution in [3.05, 3.63) is 112 Å². The second kappa shape index (κ2) is 11.9. The molecule has 0 saturated heterocycles. The number of esters is 2. The van der Waals surface area contributed by atoms with E-state index in [1.807, 2.05) is 60.7 Å². The van der Waals surface area contributed by atoms with Crippen molar-refractivity contribution in [1.82, 2.24) is 5.32 Å². The van der Waals surface area contributed by atoms with E-state index in [1.165, 1.54) is 38.5 Å². The molecule has 3 rings (SSSR count). The Morgan fingerprint density at radius 2 is 1.38 bits per heavy atom. The van der Waals surface area contributed by atoms with Crippen LogP contribution in [0.5, 0.6) is 0 Å². The summed E-state index contributed by atoms with van der Waals surface area (Å²) in [6.07, 6.45) is -0.276. The van der Waals surface area contributed by atoms with Gasteiger partial charge in [-0.15, -0.1) is 0 Å². The van der Waals surface area contributed by atoms with Gasteiger partial charge in [0.1, 0.15) is 6.04 Å². The van der Waals surface area contributed by atoms with Crippen molar-refractivity contribution in [2.45, 2.75) is 30.7 Å². The highest BCUT2D eigenvalue weighted by Gasteiger charge is 2.42. The maximum absolute atomic E-state index is 14.0. The molecule has 0 unspecified atom stereocenters. The zero-order valence-corrected chi connectivity index (χ0v) is 20.7. The van der Waals surface area contributed by atoms with Crippen molar-refractivity contribution < 1.29 is 28.8 Å². The number of nitro groups is 1. The highest BCUT2D eigenvalue weighted by atomic mass is 16.6. The Kier molecular flexibility index (Phi) is 8.73. The van der Waals surface area contributed by atoms with Gasteiger partial charge >= 0.3 is 11.9 Å². The molecule has 9 heteroatoms. The number of rotatable bonds is 10. The van der Waals surface area contributed by atoms with Gasteiger partial charge < -0.3 is 14.8 Å². The maximum Gasteiger partial charge on any atom is 0.329 e. The summed E-state index contributed by atoms with van der Waals surface area (Å²) in [5.74, 6) is -2.80. The lowest BCUT2D eigenvalue weighted by molar-refractivity contribution is -0.384. The van der Waals surface area contributed by atoms with Crippen LogP contribution >= 0.6 is 0 Å². The highest BCUT2D eigenvalue weighted by Crippen LogP contribution is 2.34. The lowest BCUT2D eigenvalue weighted by Crippen LogP contribution is -2.52. The van der Waals surface area contributed by atoms with Gasteiger partial charge in [-0.05, 0) is 23.6 Å². The number of ether oxygens (including phenoxy) is 2. The maximum atomic E-state index is 14.0. The molecule has 0 bridgehead atoms. The predicted octanol–water partition coefficient (Wildman–Crippen LogP) is 3.91. The normalized spacial score (nSPS) is 12.6. The smallest absolute Gasteiger partial charge is 0.329 e. The predicted molar refractivity (Wildman–Crippen MR) is 136 cm³/mol. The topological polar surface area (TPSA) is 125 Å². The van der Waals surface area contributed by atoms with Gasteiger partial charge in [0.05, 0.1) is 31.0 Å². The fraction of sp³-hybridized carbons (Fsp3) is 0.250. The second-order valence-electron chi connectivity index (χ2n) is 8.57. The molecule has 37 heavy (non-hydrogen) atoms. The number of hydrogen-bond acceptors (Lipinski definition) is 7. The summed E-state index contributed by atoms with van der Waals surface area (Å²) in [5, 5.41) is 13.9. The number of non-ortho nitro benzene ring substituents is 1. The fourth-order valence-corrected chi connectivity index (χ4v) is 4.24. The lowest BCUT2D eigenvalue weighted by Gasteiger charge is -2.33. The van der Waals surface area contributed by atoms with Gasteiger partial charge in [0, 0.05) is 18.1 Å². The molecule has 0 fully saturated rings. The van der Waals surface area contributed by atoms with Crippen LogP contribution in [0.3, 0.4) is 0 Å². The Hall–Kier alpha value is -4.53. The quantitative estimate of drug-likeness (QED) is 0.252. The molecule has 0 heterocycles. The van der Waals surface area contributed by atoms with Crippen LogP contribution < -0.4 is 5.32 Å². The van der Waals surface area contributed by atoms with Crippen LogP contribution in [-0.4, -0.2) is 43.0 Å². The molecule has 0 aliphatic rings. The van der Waals surface area contributed by atoms with E-state index in [2.05, 4.69) is 5.32 Å². The lowest BCUT2D eigenvalue weighted by atomic mass is 9.75. The van der Waals surface area contributed by atoms with Crippen LogP contribution in [0, 0.1) is 10.1 Å². The minimum Gasteiger partial charge on any atom is -0.469 e. The monoisotopic (exact) mass is 504 g/mol. The SMILES string of the molecule is COC(=O)C[C@@H](c1ccc([N+](=O)[O-])cc1)[C@@H](NC(=O)C(C)(c1ccccc1)c1ccccc1)C(=O)OC. The largest absolute Gasteiger partial charge is 0.469 e. The minimum atomic E-state index is -1.29. The van der Waals surface area contributed by atoms with Crippen molar-refractivity contribution >= 4 is 23.5 Å². The average molecular weight is 505 g/mol. The van der Waals surface area contributed by atoms with E-state index in [9.17, 15) is 24.5 Å². The van der Waals surface area contributed by atoms with Crippen LogP contribution in [-0.2, 0) is 29.3 Å². The Balaban J connectivity index is 2.08. The number of nitrogens with zero attached hydrogens (tertiary/aromatic N) is 1. The van der Waals surface area contributed by atoms with Gasteiger partial charge in [0.2, 0.25) is 5.91 Å². The van der Waals surface area contributed by atoms with Crippen molar-refractivity contribution in [2.24, 2.45) is 0 Å². The van der Waals surface area contributed by atoms with Gasteiger partial charge in [-0.3, -0.25) is 19.7 Å². The van der Waals surface area contributed by atoms with Crippen LogP contribution in [0.4, 0.5) is 5.69 Å². The number of carbonyl (C=O) groups is 3. The van der Waals surface area contributed by atoms with Gasteiger partial charge in [0.15, 0.2) is 0 Å². The zero-order valence-electron chi connectivity index (χ0n) is 20.7. The molecule has 3 aromatic rings. The van der Waals surface area contributed by atoms with E-state index in [4.69, 9.17) is 9.47 Å². The van der Waals surface area contributed by atoms with Gasteiger partial charge in [-0.1, -0.05) is 72.8 Å². The average Bonchev–Trinajstić information content (AvgIpc) is 2.94. The minimum absolute atomic E-state index is 0.153. The molecule has 0 spiro atoms. The molecule has 1 amide bonds. The number of benzene rings is 3. The molecule has 192 valence electrons. The number of nitro benzene ring substituents is 1. The van der Waals surface area contributed by atoms with E-state index in [0.717, 1.165) is 0 Å². The molecular formula is C28H28N2O7. The summed E-state index contributed by atoms with van der Waals surface area (Å²) < 4.78 is 9.83. The molecule has 0 aliphatic heterocycles. The summed E-state index contributed by atoms with van der Waals surface area (Å²) in [4.78, 5) is 49.9. The first-order chi connectivity index (χ1) is 17.7. The standard InChI is InChI=1S/C28H28N2O7/c1-28(20-10-6-4-7-11-20,21-12-8-5-9-13-21)27(33)29-25(26(32)37-3)23(18-24(31)36-2)19-14-16-22(17-15-19)30(34)35/h4-17,23,25H,18H2,1-3H3,(H,29,33)/t23-,25+/m0/s1. The van der Waals surface area contributed by atoms with Crippen LogP contribution in [0.15, 0.2) is 84.9 Å². The van der Waals surface area contributed by atoms with Gasteiger partial charge in [0.25, 0.3) is 5.69 Å². The van der Waals surface area contributed by atoms with Crippen LogP contribution in [0.1, 0.15) is 36.0 Å². The summed E-state index contributed by atoms with van der Waals surface area (Å²) in [6, 6.07) is 22.4. The van der Waals surface area contributed by atoms with E-state index in [-0.39, 0.29) is 12.1 Å². The second-order valence-corrected chi connectivity index (χ2v) is 8.57. The number of carbonyl (C=O) groups excluding carboxylic acids is 3. The zero-order chi connectivity index (χ0) is 27.0. The van der Waals surface area contributed by atoms with Crippen molar-refractivity contribution in [3.63, 3.8) is 0 Å². The summed E-state index contributed by atoms with van der Waals surface area (Å²) in [7, 11) is 2.39. The van der Waals surface area contributed by atoms with Crippen LogP contribution in [0.25, 0.3) is 0 Å². The summed E-state index contributed by atoms with van der Waals surface area (Å²) in [5.41, 5.74) is 0.470. The molecule has 9 nitrogen and oxygen atoms in total. The molecule has 2 atom stereocenters. The first-order valence-electron chi connectivity index (χ1n) is 11.5. The van der Waals surface area contributed by atoms with Crippen molar-refractivity contribution in [3.8, 4) is 0 Å². The highest BCUT2D eigenvalue weighted by molar-refractivity contribution is 5.95. The van der Waals surface area contributed by atoms with E-state index in [1.54, 1.807) is 6.92 Å². The van der Waals surface area contributed by atoms with Crippen molar-refractivity contribution in [1.29, 1.82) is 0 Å². The molecule has 3 aromatic carbocycles. The number of methoxy groups -OCH3 is 2. The Bertz CT molecular complexity index is 1210. The van der Waals surface area contributed by atoms with E-state index >= 15 is 0 Å². The number of amides is 1. The van der Waals surface area contributed by atoms with E-state index < -0.39 is 40.1 Å². The van der Waals surface area contributed by atoms with Gasteiger partial charge in [-0.25, -0.2) is 4.79 Å². The fourth-order valence-electron chi connectivity index (χ4n) is 4.24. The molecule has 0 aromatic heterocycles. The molecule has 0 aliphatic carbocycles. The van der Waals surface area contributed by atoms with Crippen LogP contribution in [0.2, 0.25) is 0 Å². The third-order valence-corrected chi connectivity index (χ3v) is 6.45. The molecule has 1 N–H and O–H groups in total. The van der Waals surface area contributed by atoms with E-state index in [0.29, 0.717) is 16.7 Å². The number of hydrogen-bond donors (Lipinski definition) is 1. The molecular weight excluding hydrogens is 476 g/mol.